The molecule has 0 bridgehead atoms. The zero-order valence-corrected chi connectivity index (χ0v) is 19.5. The number of fused-ring (bicyclic) bond motifs is 3. The number of nitrogens with one attached hydrogen (secondary N) is 1. The van der Waals surface area contributed by atoms with Gasteiger partial charge in [-0.2, -0.15) is 0 Å². The Labute approximate surface area is 199 Å². The highest BCUT2D eigenvalue weighted by molar-refractivity contribution is 5.82. The van der Waals surface area contributed by atoms with Crippen LogP contribution >= 0.6 is 0 Å². The number of benzene rings is 2. The van der Waals surface area contributed by atoms with Crippen LogP contribution in [0.5, 0.6) is 0 Å². The molecule has 34 heavy (non-hydrogen) atoms. The van der Waals surface area contributed by atoms with Gasteiger partial charge in [-0.05, 0) is 40.5 Å². The Morgan fingerprint density at radius 1 is 1.03 bits per heavy atom. The maximum atomic E-state index is 12.9. The summed E-state index contributed by atoms with van der Waals surface area (Å²) < 4.78 is 5.65. The average molecular weight is 463 g/mol. The second-order valence-electron chi connectivity index (χ2n) is 10.6. The monoisotopic (exact) mass is 462 g/mol. The van der Waals surface area contributed by atoms with Crippen LogP contribution in [0.15, 0.2) is 48.5 Å². The molecule has 2 aliphatic carbocycles. The molecule has 7 heteroatoms. The van der Waals surface area contributed by atoms with Crippen molar-refractivity contribution in [2.75, 3.05) is 19.7 Å². The van der Waals surface area contributed by atoms with Crippen molar-refractivity contribution in [1.29, 1.82) is 0 Å². The number of rotatable bonds is 6. The zero-order valence-electron chi connectivity index (χ0n) is 19.5. The summed E-state index contributed by atoms with van der Waals surface area (Å²) in [7, 11) is 0. The van der Waals surface area contributed by atoms with Crippen LogP contribution in [0.25, 0.3) is 11.1 Å². The van der Waals surface area contributed by atoms with E-state index < -0.39 is 28.9 Å². The minimum absolute atomic E-state index is 0.0188. The van der Waals surface area contributed by atoms with Crippen LogP contribution in [0, 0.1) is 11.3 Å². The Bertz CT molecular complexity index is 1110. The molecule has 1 heterocycles. The maximum Gasteiger partial charge on any atom is 0.407 e. The normalized spacial score (nSPS) is 21.5. The Balaban J connectivity index is 1.19. The highest BCUT2D eigenvalue weighted by atomic mass is 16.5. The van der Waals surface area contributed by atoms with E-state index in [0.29, 0.717) is 19.4 Å². The summed E-state index contributed by atoms with van der Waals surface area (Å²) in [6.45, 7) is 4.60. The molecule has 2 aromatic carbocycles. The lowest BCUT2D eigenvalue weighted by molar-refractivity contribution is -0.144. The molecule has 178 valence electrons. The molecular weight excluding hydrogens is 432 g/mol. The van der Waals surface area contributed by atoms with E-state index in [-0.39, 0.29) is 31.4 Å². The number of carboxylic acid groups (broad SMARTS) is 1. The van der Waals surface area contributed by atoms with Gasteiger partial charge in [0.15, 0.2) is 0 Å². The summed E-state index contributed by atoms with van der Waals surface area (Å²) in [4.78, 5) is 38.8. The zero-order chi connectivity index (χ0) is 24.1. The molecule has 2 fully saturated rings. The summed E-state index contributed by atoms with van der Waals surface area (Å²) in [5, 5.41) is 12.4. The second-order valence-corrected chi connectivity index (χ2v) is 10.6. The fraction of sp³-hybridized carbons (Fsp3) is 0.444. The summed E-state index contributed by atoms with van der Waals surface area (Å²) in [5.41, 5.74) is 3.58. The van der Waals surface area contributed by atoms with Crippen LogP contribution < -0.4 is 5.32 Å². The summed E-state index contributed by atoms with van der Waals surface area (Å²) >= 11 is 0. The number of nitrogens with zero attached hydrogens (tertiary/aromatic N) is 1. The first-order chi connectivity index (χ1) is 16.2. The SMILES string of the molecule is CC1(C)CN(C(=O)CC2(NC(=O)OCC3c4ccccc4-c4ccccc43)CC2)CC1C(=O)O. The first-order valence-electron chi connectivity index (χ1n) is 11.8. The summed E-state index contributed by atoms with van der Waals surface area (Å²) in [6.07, 6.45) is 1.07. The predicted octanol–water partition coefficient (Wildman–Crippen LogP) is 4.02. The molecule has 0 aromatic heterocycles. The van der Waals surface area contributed by atoms with Crippen molar-refractivity contribution in [2.24, 2.45) is 11.3 Å². The molecule has 3 aliphatic rings. The van der Waals surface area contributed by atoms with E-state index in [0.717, 1.165) is 11.1 Å². The first kappa shape index (κ1) is 22.4. The van der Waals surface area contributed by atoms with Gasteiger partial charge in [0.1, 0.15) is 6.61 Å². The third kappa shape index (κ3) is 4.04. The topological polar surface area (TPSA) is 95.9 Å². The lowest BCUT2D eigenvalue weighted by atomic mass is 9.82. The Morgan fingerprint density at radius 3 is 2.15 bits per heavy atom. The number of hydrogen-bond donors (Lipinski definition) is 2. The van der Waals surface area contributed by atoms with Crippen molar-refractivity contribution in [3.05, 3.63) is 59.7 Å². The maximum absolute atomic E-state index is 12.9. The van der Waals surface area contributed by atoms with Gasteiger partial charge in [-0.25, -0.2) is 4.79 Å². The number of likely N-dealkylation sites (tertiary alicyclic amines) is 1. The van der Waals surface area contributed by atoms with Crippen molar-refractivity contribution in [3.8, 4) is 11.1 Å². The standard InChI is InChI=1S/C27H30N2O5/c1-26(2)16-29(14-22(26)24(31)32)23(30)13-27(11-12-27)28-25(33)34-15-21-19-9-5-3-7-17(19)18-8-4-6-10-20(18)21/h3-10,21-22H,11-16H2,1-2H3,(H,28,33)(H,31,32). The molecule has 7 nitrogen and oxygen atoms in total. The number of amides is 2. The largest absolute Gasteiger partial charge is 0.481 e. The Hall–Kier alpha value is -3.35. The fourth-order valence-corrected chi connectivity index (χ4v) is 5.49. The lowest BCUT2D eigenvalue weighted by Gasteiger charge is -2.24. The molecule has 1 saturated heterocycles. The molecule has 1 unspecified atom stereocenters. The van der Waals surface area contributed by atoms with E-state index in [2.05, 4.69) is 29.6 Å². The van der Waals surface area contributed by atoms with Crippen LogP contribution in [0.3, 0.4) is 0 Å². The Morgan fingerprint density at radius 2 is 1.62 bits per heavy atom. The van der Waals surface area contributed by atoms with Crippen molar-refractivity contribution in [3.63, 3.8) is 0 Å². The molecule has 1 aliphatic heterocycles. The van der Waals surface area contributed by atoms with E-state index in [1.165, 1.54) is 11.1 Å². The van der Waals surface area contributed by atoms with Crippen LogP contribution in [-0.2, 0) is 14.3 Å². The summed E-state index contributed by atoms with van der Waals surface area (Å²) in [5.74, 6) is -1.59. The van der Waals surface area contributed by atoms with Crippen LogP contribution in [0.1, 0.15) is 50.2 Å². The molecule has 1 atom stereocenters. The van der Waals surface area contributed by atoms with Crippen molar-refractivity contribution < 1.29 is 24.2 Å². The van der Waals surface area contributed by atoms with Gasteiger partial charge in [0, 0.05) is 19.0 Å². The van der Waals surface area contributed by atoms with Gasteiger partial charge in [-0.3, -0.25) is 9.59 Å². The van der Waals surface area contributed by atoms with Gasteiger partial charge in [0.25, 0.3) is 0 Å². The minimum atomic E-state index is -0.877. The number of carboxylic acids is 1. The van der Waals surface area contributed by atoms with Crippen molar-refractivity contribution in [1.82, 2.24) is 10.2 Å². The van der Waals surface area contributed by atoms with Crippen LogP contribution in [0.2, 0.25) is 0 Å². The van der Waals surface area contributed by atoms with E-state index >= 15 is 0 Å². The van der Waals surface area contributed by atoms with Gasteiger partial charge < -0.3 is 20.1 Å². The number of alkyl carbamates (subject to hydrolysis) is 1. The van der Waals surface area contributed by atoms with E-state index in [4.69, 9.17) is 4.74 Å². The van der Waals surface area contributed by atoms with E-state index in [1.807, 2.05) is 38.1 Å². The van der Waals surface area contributed by atoms with Crippen molar-refractivity contribution >= 4 is 18.0 Å². The average Bonchev–Trinajstić information content (AvgIpc) is 3.33. The van der Waals surface area contributed by atoms with Gasteiger partial charge in [0.05, 0.1) is 17.9 Å². The fourth-order valence-electron chi connectivity index (χ4n) is 5.49. The first-order valence-corrected chi connectivity index (χ1v) is 11.8. The molecular formula is C27H30N2O5. The van der Waals surface area contributed by atoms with E-state index in [1.54, 1.807) is 4.90 Å². The van der Waals surface area contributed by atoms with Gasteiger partial charge in [0.2, 0.25) is 5.91 Å². The minimum Gasteiger partial charge on any atom is -0.481 e. The third-order valence-corrected chi connectivity index (χ3v) is 7.65. The highest BCUT2D eigenvalue weighted by Gasteiger charge is 2.50. The molecule has 2 N–H and O–H groups in total. The smallest absolute Gasteiger partial charge is 0.407 e. The van der Waals surface area contributed by atoms with Crippen LogP contribution in [-0.4, -0.2) is 53.2 Å². The van der Waals surface area contributed by atoms with Gasteiger partial charge in [-0.15, -0.1) is 0 Å². The molecule has 5 rings (SSSR count). The van der Waals surface area contributed by atoms with Crippen LogP contribution in [0.4, 0.5) is 4.79 Å². The molecule has 2 aromatic rings. The number of carbonyl (C=O) groups excluding carboxylic acids is 2. The van der Waals surface area contributed by atoms with Gasteiger partial charge in [-0.1, -0.05) is 62.4 Å². The van der Waals surface area contributed by atoms with Gasteiger partial charge >= 0.3 is 12.1 Å². The molecule has 2 amide bonds. The third-order valence-electron chi connectivity index (χ3n) is 7.65. The lowest BCUT2D eigenvalue weighted by Crippen LogP contribution is -2.42. The number of ether oxygens (including phenoxy) is 1. The molecule has 0 radical (unpaired) electrons. The quantitative estimate of drug-likeness (QED) is 0.676. The van der Waals surface area contributed by atoms with Crippen molar-refractivity contribution in [2.45, 2.75) is 44.6 Å². The number of aliphatic carboxylic acids is 1. The number of hydrogen-bond acceptors (Lipinski definition) is 4. The van der Waals surface area contributed by atoms with E-state index in [9.17, 15) is 19.5 Å². The highest BCUT2D eigenvalue weighted by Crippen LogP contribution is 2.45. The second kappa shape index (κ2) is 8.15. The molecule has 0 spiro atoms. The summed E-state index contributed by atoms with van der Waals surface area (Å²) in [6, 6.07) is 16.4. The Kier molecular flexibility index (Phi) is 5.38. The number of carbonyl (C=O) groups is 3. The molecule has 1 saturated carbocycles. The predicted molar refractivity (Wildman–Crippen MR) is 126 cm³/mol.